The molecular formula is C11H17F6NO3. The lowest BCUT2D eigenvalue weighted by Crippen LogP contribution is -2.62. The van der Waals surface area contributed by atoms with E-state index in [2.05, 4.69) is 10.1 Å². The fourth-order valence-electron chi connectivity index (χ4n) is 2.00. The third kappa shape index (κ3) is 4.97. The predicted molar refractivity (Wildman–Crippen MR) is 59.9 cm³/mol. The van der Waals surface area contributed by atoms with Crippen LogP contribution in [0.25, 0.3) is 0 Å². The third-order valence-corrected chi connectivity index (χ3v) is 3.12. The van der Waals surface area contributed by atoms with Crippen molar-refractivity contribution in [3.63, 3.8) is 0 Å². The van der Waals surface area contributed by atoms with Crippen LogP contribution in [0.2, 0.25) is 0 Å². The van der Waals surface area contributed by atoms with E-state index in [1.807, 2.05) is 0 Å². The molecule has 1 N–H and O–H groups in total. The molecule has 1 aliphatic carbocycles. The average Bonchev–Trinajstić information content (AvgIpc) is 2.30. The van der Waals surface area contributed by atoms with Gasteiger partial charge < -0.3 is 19.5 Å². The molecule has 1 aliphatic rings. The molecule has 10 heteroatoms. The molecule has 0 aliphatic heterocycles. The molecule has 21 heavy (non-hydrogen) atoms. The highest BCUT2D eigenvalue weighted by atomic mass is 19.4. The average molecular weight is 325 g/mol. The van der Waals surface area contributed by atoms with Crippen LogP contribution in [0.5, 0.6) is 0 Å². The number of nitrogens with one attached hydrogen (secondary N) is 1. The Morgan fingerprint density at radius 3 is 2.10 bits per heavy atom. The maximum Gasteiger partial charge on any atom is 0.423 e. The summed E-state index contributed by atoms with van der Waals surface area (Å²) in [6, 6.07) is -0.353. The molecule has 4 nitrogen and oxygen atoms in total. The number of ether oxygens (including phenoxy) is 3. The number of alkyl halides is 6. The second-order valence-corrected chi connectivity index (χ2v) is 4.60. The van der Waals surface area contributed by atoms with Gasteiger partial charge in [-0.15, -0.1) is 0 Å². The summed E-state index contributed by atoms with van der Waals surface area (Å²) in [5, 5.41) is 2.75. The number of methoxy groups -OCH3 is 1. The Bertz CT molecular complexity index is 308. The molecule has 1 fully saturated rings. The summed E-state index contributed by atoms with van der Waals surface area (Å²) in [5.74, 6) is 0. The van der Waals surface area contributed by atoms with Crippen LogP contribution in [0.4, 0.5) is 26.3 Å². The van der Waals surface area contributed by atoms with Crippen LogP contribution < -0.4 is 5.32 Å². The van der Waals surface area contributed by atoms with Gasteiger partial charge in [0.2, 0.25) is 6.10 Å². The number of likely N-dealkylation sites (N-methyl/N-ethyl adjacent to an activating group) is 1. The van der Waals surface area contributed by atoms with Gasteiger partial charge >= 0.3 is 12.4 Å². The Balaban J connectivity index is 2.66. The summed E-state index contributed by atoms with van der Waals surface area (Å²) in [5.41, 5.74) is 0. The first-order valence-corrected chi connectivity index (χ1v) is 6.18. The maximum atomic E-state index is 12.4. The standard InChI is InChI=1S/C11H17F6NO3/c1-18-6-5-7(8(6)20-4-3-19-2)21-9(10(12,13)14)11(15,16)17/h6-9,18H,3-5H2,1-2H3. The molecule has 0 aromatic heterocycles. The van der Waals surface area contributed by atoms with Crippen molar-refractivity contribution in [2.24, 2.45) is 0 Å². The lowest BCUT2D eigenvalue weighted by molar-refractivity contribution is -0.345. The Morgan fingerprint density at radius 1 is 1.10 bits per heavy atom. The second kappa shape index (κ2) is 7.12. The van der Waals surface area contributed by atoms with Gasteiger partial charge in [-0.1, -0.05) is 0 Å². The zero-order valence-electron chi connectivity index (χ0n) is 11.4. The minimum absolute atomic E-state index is 0.0107. The zero-order chi connectivity index (χ0) is 16.3. The normalized spacial score (nSPS) is 27.0. The zero-order valence-corrected chi connectivity index (χ0v) is 11.4. The van der Waals surface area contributed by atoms with Crippen molar-refractivity contribution in [2.45, 2.75) is 43.1 Å². The van der Waals surface area contributed by atoms with E-state index >= 15 is 0 Å². The van der Waals surface area contributed by atoms with Crippen LogP contribution in [-0.4, -0.2) is 64.1 Å². The molecule has 126 valence electrons. The topological polar surface area (TPSA) is 39.7 Å². The predicted octanol–water partition coefficient (Wildman–Crippen LogP) is 1.89. The van der Waals surface area contributed by atoms with E-state index in [9.17, 15) is 26.3 Å². The number of halogens is 6. The van der Waals surface area contributed by atoms with Gasteiger partial charge in [-0.3, -0.25) is 0 Å². The summed E-state index contributed by atoms with van der Waals surface area (Å²) in [6.07, 6.45) is -17.0. The highest BCUT2D eigenvalue weighted by Gasteiger charge is 2.60. The highest BCUT2D eigenvalue weighted by Crippen LogP contribution is 2.39. The van der Waals surface area contributed by atoms with Gasteiger partial charge in [0.1, 0.15) is 0 Å². The van der Waals surface area contributed by atoms with Crippen LogP contribution >= 0.6 is 0 Å². The lowest BCUT2D eigenvalue weighted by atomic mass is 9.85. The van der Waals surface area contributed by atoms with E-state index in [4.69, 9.17) is 9.47 Å². The molecule has 1 saturated carbocycles. The Morgan fingerprint density at radius 2 is 1.67 bits per heavy atom. The second-order valence-electron chi connectivity index (χ2n) is 4.60. The highest BCUT2D eigenvalue weighted by molar-refractivity contribution is 4.98. The number of rotatable bonds is 7. The van der Waals surface area contributed by atoms with Gasteiger partial charge in [-0.25, -0.2) is 0 Å². The molecule has 0 aromatic rings. The quantitative estimate of drug-likeness (QED) is 0.573. The molecule has 0 heterocycles. The van der Waals surface area contributed by atoms with Gasteiger partial charge in [0.25, 0.3) is 0 Å². The van der Waals surface area contributed by atoms with Gasteiger partial charge in [-0.2, -0.15) is 26.3 Å². The van der Waals surface area contributed by atoms with Gasteiger partial charge in [0.15, 0.2) is 0 Å². The van der Waals surface area contributed by atoms with Gasteiger partial charge in [-0.05, 0) is 13.5 Å². The third-order valence-electron chi connectivity index (χ3n) is 3.12. The van der Waals surface area contributed by atoms with Crippen molar-refractivity contribution >= 4 is 0 Å². The molecule has 1 rings (SSSR count). The fraction of sp³-hybridized carbons (Fsp3) is 1.00. The van der Waals surface area contributed by atoms with Crippen molar-refractivity contribution in [1.82, 2.24) is 5.32 Å². The fourth-order valence-corrected chi connectivity index (χ4v) is 2.00. The molecule has 0 bridgehead atoms. The van der Waals surface area contributed by atoms with Crippen LogP contribution in [0, 0.1) is 0 Å². The molecule has 0 radical (unpaired) electrons. The van der Waals surface area contributed by atoms with Crippen molar-refractivity contribution in [3.05, 3.63) is 0 Å². The molecule has 3 unspecified atom stereocenters. The van der Waals surface area contributed by atoms with E-state index in [0.717, 1.165) is 0 Å². The largest absolute Gasteiger partial charge is 0.423 e. The Labute approximate surface area is 117 Å². The smallest absolute Gasteiger partial charge is 0.382 e. The van der Waals surface area contributed by atoms with E-state index in [0.29, 0.717) is 0 Å². The van der Waals surface area contributed by atoms with E-state index in [-0.39, 0.29) is 25.7 Å². The molecule has 3 atom stereocenters. The number of hydrogen-bond donors (Lipinski definition) is 1. The molecule has 0 amide bonds. The van der Waals surface area contributed by atoms with Crippen molar-refractivity contribution < 1.29 is 40.6 Å². The molecule has 0 aromatic carbocycles. The van der Waals surface area contributed by atoms with Gasteiger partial charge in [0.05, 0.1) is 25.4 Å². The van der Waals surface area contributed by atoms with E-state index in [1.54, 1.807) is 7.05 Å². The summed E-state index contributed by atoms with van der Waals surface area (Å²) >= 11 is 0. The SMILES string of the molecule is CNC1CC(OC(C(F)(F)F)C(F)(F)F)C1OCCOC. The minimum atomic E-state index is -5.51. The van der Waals surface area contributed by atoms with Crippen LogP contribution in [-0.2, 0) is 14.2 Å². The first-order valence-electron chi connectivity index (χ1n) is 6.18. The summed E-state index contributed by atoms with van der Waals surface area (Å²) in [4.78, 5) is 0. The summed E-state index contributed by atoms with van der Waals surface area (Å²) in [6.45, 7) is 0.240. The minimum Gasteiger partial charge on any atom is -0.382 e. The van der Waals surface area contributed by atoms with Crippen LogP contribution in [0.3, 0.4) is 0 Å². The molecular weight excluding hydrogens is 308 g/mol. The maximum absolute atomic E-state index is 12.4. The van der Waals surface area contributed by atoms with Crippen molar-refractivity contribution in [1.29, 1.82) is 0 Å². The van der Waals surface area contributed by atoms with Crippen LogP contribution in [0.15, 0.2) is 0 Å². The lowest BCUT2D eigenvalue weighted by Gasteiger charge is -2.45. The monoisotopic (exact) mass is 325 g/mol. The van der Waals surface area contributed by atoms with Crippen LogP contribution in [0.1, 0.15) is 6.42 Å². The van der Waals surface area contributed by atoms with Crippen molar-refractivity contribution in [3.8, 4) is 0 Å². The summed E-state index contributed by atoms with van der Waals surface area (Å²) in [7, 11) is 2.94. The van der Waals surface area contributed by atoms with E-state index in [1.165, 1.54) is 7.11 Å². The first-order chi connectivity index (χ1) is 9.61. The molecule has 0 spiro atoms. The first kappa shape index (κ1) is 18.5. The summed E-state index contributed by atoms with van der Waals surface area (Å²) < 4.78 is 88.7. The molecule has 0 saturated heterocycles. The van der Waals surface area contributed by atoms with E-state index < -0.39 is 30.7 Å². The van der Waals surface area contributed by atoms with Crippen molar-refractivity contribution in [2.75, 3.05) is 27.4 Å². The van der Waals surface area contributed by atoms with Gasteiger partial charge in [0, 0.05) is 13.2 Å². The number of hydrogen-bond acceptors (Lipinski definition) is 4. The Hall–Kier alpha value is -0.580. The Kier molecular flexibility index (Phi) is 6.26.